The average molecular weight is 220 g/mol. The van der Waals surface area contributed by atoms with Gasteiger partial charge in [-0.05, 0) is 25.5 Å². The summed E-state index contributed by atoms with van der Waals surface area (Å²) in [5.41, 5.74) is 1.15. The molecule has 0 aliphatic rings. The van der Waals surface area contributed by atoms with E-state index in [9.17, 15) is 0 Å². The SMILES string of the molecule is CC(C)(C#N)c1c[nH]c2ncc(Cl)cc12. The van der Waals surface area contributed by atoms with E-state index in [4.69, 9.17) is 16.9 Å². The van der Waals surface area contributed by atoms with Crippen LogP contribution in [-0.4, -0.2) is 9.97 Å². The van der Waals surface area contributed by atoms with Gasteiger partial charge in [-0.3, -0.25) is 0 Å². The Morgan fingerprint density at radius 1 is 1.53 bits per heavy atom. The maximum absolute atomic E-state index is 9.08. The quantitative estimate of drug-likeness (QED) is 0.802. The molecular formula is C11H10ClN3. The van der Waals surface area contributed by atoms with E-state index >= 15 is 0 Å². The lowest BCUT2D eigenvalue weighted by Crippen LogP contribution is -2.12. The Hall–Kier alpha value is -1.53. The minimum absolute atomic E-state index is 0.537. The van der Waals surface area contributed by atoms with Crippen molar-refractivity contribution in [2.24, 2.45) is 0 Å². The number of fused-ring (bicyclic) bond motifs is 1. The molecule has 0 radical (unpaired) electrons. The van der Waals surface area contributed by atoms with Crippen molar-refractivity contribution in [3.63, 3.8) is 0 Å². The van der Waals surface area contributed by atoms with Crippen LogP contribution in [-0.2, 0) is 5.41 Å². The van der Waals surface area contributed by atoms with Crippen LogP contribution >= 0.6 is 11.6 Å². The number of hydrogen-bond donors (Lipinski definition) is 1. The fourth-order valence-corrected chi connectivity index (χ4v) is 1.71. The topological polar surface area (TPSA) is 52.5 Å². The molecule has 2 heterocycles. The number of nitrogens with one attached hydrogen (secondary N) is 1. The molecule has 15 heavy (non-hydrogen) atoms. The van der Waals surface area contributed by atoms with E-state index in [0.29, 0.717) is 5.02 Å². The van der Waals surface area contributed by atoms with E-state index in [1.807, 2.05) is 26.1 Å². The van der Waals surface area contributed by atoms with E-state index in [0.717, 1.165) is 16.6 Å². The zero-order chi connectivity index (χ0) is 11.1. The van der Waals surface area contributed by atoms with Crippen LogP contribution in [0.15, 0.2) is 18.5 Å². The molecule has 0 amide bonds. The van der Waals surface area contributed by atoms with Crippen LogP contribution in [0.1, 0.15) is 19.4 Å². The van der Waals surface area contributed by atoms with Crippen molar-refractivity contribution in [3.8, 4) is 6.07 Å². The van der Waals surface area contributed by atoms with Crippen molar-refractivity contribution >= 4 is 22.6 Å². The molecule has 0 aliphatic carbocycles. The summed E-state index contributed by atoms with van der Waals surface area (Å²) in [6, 6.07) is 4.09. The second kappa shape index (κ2) is 3.25. The molecule has 2 rings (SSSR count). The Kier molecular flexibility index (Phi) is 2.17. The Balaban J connectivity index is 2.74. The molecule has 0 aromatic carbocycles. The van der Waals surface area contributed by atoms with Crippen LogP contribution in [0.5, 0.6) is 0 Å². The van der Waals surface area contributed by atoms with Gasteiger partial charge in [0, 0.05) is 17.8 Å². The third-order valence-electron chi connectivity index (χ3n) is 2.45. The van der Waals surface area contributed by atoms with E-state index in [1.54, 1.807) is 6.20 Å². The molecule has 76 valence electrons. The first-order valence-corrected chi connectivity index (χ1v) is 4.97. The molecule has 4 heteroatoms. The van der Waals surface area contributed by atoms with Gasteiger partial charge in [-0.2, -0.15) is 5.26 Å². The molecular weight excluding hydrogens is 210 g/mol. The Morgan fingerprint density at radius 3 is 2.93 bits per heavy atom. The lowest BCUT2D eigenvalue weighted by atomic mass is 9.86. The number of aromatic nitrogens is 2. The fourth-order valence-electron chi connectivity index (χ4n) is 1.56. The Morgan fingerprint density at radius 2 is 2.27 bits per heavy atom. The molecule has 0 aliphatic heterocycles. The summed E-state index contributed by atoms with van der Waals surface area (Å²) in [5.74, 6) is 0. The van der Waals surface area contributed by atoms with Gasteiger partial charge >= 0.3 is 0 Å². The lowest BCUT2D eigenvalue weighted by molar-refractivity contribution is 0.693. The van der Waals surface area contributed by atoms with Gasteiger partial charge in [-0.25, -0.2) is 4.98 Å². The van der Waals surface area contributed by atoms with Gasteiger partial charge in [-0.15, -0.1) is 0 Å². The van der Waals surface area contributed by atoms with Gasteiger partial charge in [0.25, 0.3) is 0 Å². The summed E-state index contributed by atoms with van der Waals surface area (Å²) >= 11 is 5.88. The van der Waals surface area contributed by atoms with Crippen molar-refractivity contribution < 1.29 is 0 Å². The second-order valence-electron chi connectivity index (χ2n) is 3.99. The molecule has 1 N–H and O–H groups in total. The van der Waals surface area contributed by atoms with Gasteiger partial charge in [0.15, 0.2) is 0 Å². The van der Waals surface area contributed by atoms with Crippen LogP contribution in [0.2, 0.25) is 5.02 Å². The summed E-state index contributed by atoms with van der Waals surface area (Å²) in [6.45, 7) is 3.74. The molecule has 3 nitrogen and oxygen atoms in total. The van der Waals surface area contributed by atoms with Crippen molar-refractivity contribution in [2.75, 3.05) is 0 Å². The highest BCUT2D eigenvalue weighted by molar-refractivity contribution is 6.31. The predicted octanol–water partition coefficient (Wildman–Crippen LogP) is 3.02. The van der Waals surface area contributed by atoms with E-state index < -0.39 is 5.41 Å². The minimum atomic E-state index is -0.537. The van der Waals surface area contributed by atoms with Crippen LogP contribution in [0.25, 0.3) is 11.0 Å². The third kappa shape index (κ3) is 1.57. The highest BCUT2D eigenvalue weighted by atomic mass is 35.5. The monoisotopic (exact) mass is 219 g/mol. The van der Waals surface area contributed by atoms with Gasteiger partial charge < -0.3 is 4.98 Å². The second-order valence-corrected chi connectivity index (χ2v) is 4.43. The maximum Gasteiger partial charge on any atom is 0.137 e. The van der Waals surface area contributed by atoms with E-state index in [1.165, 1.54) is 0 Å². The standard InChI is InChI=1S/C11H10ClN3/c1-11(2,6-13)9-5-15-10-8(9)3-7(12)4-14-10/h3-5H,1-2H3,(H,14,15). The number of hydrogen-bond acceptors (Lipinski definition) is 2. The smallest absolute Gasteiger partial charge is 0.137 e. The highest BCUT2D eigenvalue weighted by Gasteiger charge is 2.23. The largest absolute Gasteiger partial charge is 0.346 e. The number of nitrogens with zero attached hydrogens (tertiary/aromatic N) is 2. The molecule has 0 atom stereocenters. The van der Waals surface area contributed by atoms with Gasteiger partial charge in [-0.1, -0.05) is 11.6 Å². The molecule has 0 fully saturated rings. The van der Waals surface area contributed by atoms with E-state index in [-0.39, 0.29) is 0 Å². The minimum Gasteiger partial charge on any atom is -0.346 e. The van der Waals surface area contributed by atoms with Crippen molar-refractivity contribution in [1.29, 1.82) is 5.26 Å². The number of halogens is 1. The predicted molar refractivity (Wildman–Crippen MR) is 59.7 cm³/mol. The number of nitriles is 1. The fraction of sp³-hybridized carbons (Fsp3) is 0.273. The van der Waals surface area contributed by atoms with Crippen LogP contribution < -0.4 is 0 Å². The summed E-state index contributed by atoms with van der Waals surface area (Å²) in [6.07, 6.45) is 3.40. The number of aromatic amines is 1. The third-order valence-corrected chi connectivity index (χ3v) is 2.66. The summed E-state index contributed by atoms with van der Waals surface area (Å²) in [7, 11) is 0. The first-order chi connectivity index (χ1) is 7.04. The van der Waals surface area contributed by atoms with Crippen molar-refractivity contribution in [2.45, 2.75) is 19.3 Å². The number of rotatable bonds is 1. The number of pyridine rings is 1. The molecule has 0 spiro atoms. The molecule has 0 bridgehead atoms. The first kappa shape index (κ1) is 10.0. The molecule has 2 aromatic rings. The molecule has 2 aromatic heterocycles. The zero-order valence-electron chi connectivity index (χ0n) is 8.50. The van der Waals surface area contributed by atoms with Crippen LogP contribution in [0.3, 0.4) is 0 Å². The molecule has 0 saturated heterocycles. The number of H-pyrrole nitrogens is 1. The first-order valence-electron chi connectivity index (χ1n) is 4.59. The Labute approximate surface area is 92.7 Å². The lowest BCUT2D eigenvalue weighted by Gasteiger charge is -2.13. The Bertz CT molecular complexity index is 548. The van der Waals surface area contributed by atoms with Crippen LogP contribution in [0, 0.1) is 11.3 Å². The van der Waals surface area contributed by atoms with Crippen molar-refractivity contribution in [1.82, 2.24) is 9.97 Å². The van der Waals surface area contributed by atoms with Crippen LogP contribution in [0.4, 0.5) is 0 Å². The van der Waals surface area contributed by atoms with Gasteiger partial charge in [0.05, 0.1) is 16.5 Å². The maximum atomic E-state index is 9.08. The summed E-state index contributed by atoms with van der Waals surface area (Å²) < 4.78 is 0. The molecule has 0 saturated carbocycles. The van der Waals surface area contributed by atoms with Crippen molar-refractivity contribution in [3.05, 3.63) is 29.0 Å². The van der Waals surface area contributed by atoms with E-state index in [2.05, 4.69) is 16.0 Å². The summed E-state index contributed by atoms with van der Waals surface area (Å²) in [5, 5.41) is 10.6. The zero-order valence-corrected chi connectivity index (χ0v) is 9.26. The summed E-state index contributed by atoms with van der Waals surface area (Å²) in [4.78, 5) is 7.19. The molecule has 0 unspecified atom stereocenters. The normalized spacial score (nSPS) is 11.6. The van der Waals surface area contributed by atoms with Gasteiger partial charge in [0.1, 0.15) is 5.65 Å². The average Bonchev–Trinajstić information content (AvgIpc) is 2.61. The van der Waals surface area contributed by atoms with Gasteiger partial charge in [0.2, 0.25) is 0 Å². The highest BCUT2D eigenvalue weighted by Crippen LogP contribution is 2.30.